The Labute approximate surface area is 120 Å². The standard InChI is InChI=1S/C14H15BrN4/c1-2-17-14-11(15)12(9-3-4-9)18-13(19-14)10-5-7-16-8-6-10/h5-9H,2-4H2,1H3,(H,17,18,19). The number of rotatable bonds is 4. The van der Waals surface area contributed by atoms with Crippen LogP contribution in [0.2, 0.25) is 0 Å². The normalized spacial score (nSPS) is 14.4. The second kappa shape index (κ2) is 5.25. The van der Waals surface area contributed by atoms with Crippen LogP contribution < -0.4 is 5.32 Å². The Bertz CT molecular complexity index is 581. The monoisotopic (exact) mass is 318 g/mol. The lowest BCUT2D eigenvalue weighted by Gasteiger charge is -2.11. The minimum Gasteiger partial charge on any atom is -0.369 e. The molecule has 0 bridgehead atoms. The number of pyridine rings is 1. The lowest BCUT2D eigenvalue weighted by Crippen LogP contribution is -2.05. The number of nitrogens with zero attached hydrogens (tertiary/aromatic N) is 3. The van der Waals surface area contributed by atoms with E-state index in [9.17, 15) is 0 Å². The zero-order valence-corrected chi connectivity index (χ0v) is 12.3. The number of aromatic nitrogens is 3. The molecule has 1 aliphatic carbocycles. The van der Waals surface area contributed by atoms with Crippen LogP contribution in [0.25, 0.3) is 11.4 Å². The van der Waals surface area contributed by atoms with Crippen molar-refractivity contribution in [2.24, 2.45) is 0 Å². The summed E-state index contributed by atoms with van der Waals surface area (Å²) in [5.41, 5.74) is 2.13. The van der Waals surface area contributed by atoms with Crippen molar-refractivity contribution in [3.63, 3.8) is 0 Å². The van der Waals surface area contributed by atoms with Gasteiger partial charge in [-0.2, -0.15) is 0 Å². The molecule has 0 spiro atoms. The number of anilines is 1. The van der Waals surface area contributed by atoms with Crippen molar-refractivity contribution in [3.05, 3.63) is 34.7 Å². The van der Waals surface area contributed by atoms with E-state index in [0.717, 1.165) is 33.9 Å². The summed E-state index contributed by atoms with van der Waals surface area (Å²) < 4.78 is 1.01. The van der Waals surface area contributed by atoms with E-state index in [1.165, 1.54) is 12.8 Å². The fraction of sp³-hybridized carbons (Fsp3) is 0.357. The molecule has 0 unspecified atom stereocenters. The fourth-order valence-electron chi connectivity index (χ4n) is 2.01. The van der Waals surface area contributed by atoms with Crippen LogP contribution in [-0.2, 0) is 0 Å². The average Bonchev–Trinajstić information content (AvgIpc) is 3.27. The molecule has 1 aliphatic rings. The third-order valence-corrected chi connectivity index (χ3v) is 3.91. The molecular weight excluding hydrogens is 304 g/mol. The van der Waals surface area contributed by atoms with E-state index in [-0.39, 0.29) is 0 Å². The molecule has 0 radical (unpaired) electrons. The second-order valence-corrected chi connectivity index (χ2v) is 5.43. The van der Waals surface area contributed by atoms with Gasteiger partial charge in [-0.3, -0.25) is 4.98 Å². The fourth-order valence-corrected chi connectivity index (χ4v) is 2.65. The third-order valence-electron chi connectivity index (χ3n) is 3.12. The Morgan fingerprint density at radius 3 is 2.63 bits per heavy atom. The van der Waals surface area contributed by atoms with Crippen LogP contribution in [0.4, 0.5) is 5.82 Å². The number of hydrogen-bond acceptors (Lipinski definition) is 4. The third kappa shape index (κ3) is 2.61. The van der Waals surface area contributed by atoms with Gasteiger partial charge in [-0.25, -0.2) is 9.97 Å². The molecule has 4 nitrogen and oxygen atoms in total. The minimum atomic E-state index is 0.579. The first kappa shape index (κ1) is 12.5. The van der Waals surface area contributed by atoms with E-state index in [0.29, 0.717) is 5.92 Å². The van der Waals surface area contributed by atoms with Crippen LogP contribution in [-0.4, -0.2) is 21.5 Å². The van der Waals surface area contributed by atoms with Crippen molar-refractivity contribution in [1.29, 1.82) is 0 Å². The highest BCUT2D eigenvalue weighted by atomic mass is 79.9. The summed E-state index contributed by atoms with van der Waals surface area (Å²) in [6, 6.07) is 3.88. The van der Waals surface area contributed by atoms with Crippen LogP contribution >= 0.6 is 15.9 Å². The highest BCUT2D eigenvalue weighted by molar-refractivity contribution is 9.10. The van der Waals surface area contributed by atoms with Gasteiger partial charge in [-0.15, -0.1) is 0 Å². The molecule has 19 heavy (non-hydrogen) atoms. The van der Waals surface area contributed by atoms with Crippen molar-refractivity contribution < 1.29 is 0 Å². The molecule has 0 amide bonds. The van der Waals surface area contributed by atoms with Crippen LogP contribution in [0.5, 0.6) is 0 Å². The molecule has 0 aromatic carbocycles. The lowest BCUT2D eigenvalue weighted by molar-refractivity contribution is 0.973. The molecule has 2 aromatic heterocycles. The number of nitrogens with one attached hydrogen (secondary N) is 1. The predicted molar refractivity (Wildman–Crippen MR) is 79.1 cm³/mol. The SMILES string of the molecule is CCNc1nc(-c2ccncc2)nc(C2CC2)c1Br. The molecule has 0 aliphatic heterocycles. The summed E-state index contributed by atoms with van der Waals surface area (Å²) in [5, 5.41) is 3.30. The molecule has 1 fully saturated rings. The summed E-state index contributed by atoms with van der Waals surface area (Å²) in [4.78, 5) is 13.4. The van der Waals surface area contributed by atoms with E-state index in [1.54, 1.807) is 12.4 Å². The van der Waals surface area contributed by atoms with Crippen LogP contribution in [0, 0.1) is 0 Å². The summed E-state index contributed by atoms with van der Waals surface area (Å²) >= 11 is 3.63. The molecule has 1 saturated carbocycles. The highest BCUT2D eigenvalue weighted by Crippen LogP contribution is 2.44. The molecular formula is C14H15BrN4. The maximum absolute atomic E-state index is 4.72. The van der Waals surface area contributed by atoms with Gasteiger partial charge in [-0.1, -0.05) is 0 Å². The maximum atomic E-state index is 4.72. The summed E-state index contributed by atoms with van der Waals surface area (Å²) in [6.07, 6.45) is 5.98. The van der Waals surface area contributed by atoms with Gasteiger partial charge in [0.25, 0.3) is 0 Å². The zero-order valence-electron chi connectivity index (χ0n) is 10.7. The Morgan fingerprint density at radius 2 is 2.00 bits per heavy atom. The Hall–Kier alpha value is -1.49. The Balaban J connectivity index is 2.09. The molecule has 1 N–H and O–H groups in total. The average molecular weight is 319 g/mol. The summed E-state index contributed by atoms with van der Waals surface area (Å²) in [7, 11) is 0. The van der Waals surface area contributed by atoms with Crippen molar-refractivity contribution in [2.45, 2.75) is 25.7 Å². The smallest absolute Gasteiger partial charge is 0.161 e. The van der Waals surface area contributed by atoms with Crippen molar-refractivity contribution in [2.75, 3.05) is 11.9 Å². The Morgan fingerprint density at radius 1 is 1.26 bits per heavy atom. The van der Waals surface area contributed by atoms with E-state index in [4.69, 9.17) is 4.98 Å². The van der Waals surface area contributed by atoms with Gasteiger partial charge in [0.1, 0.15) is 5.82 Å². The van der Waals surface area contributed by atoms with Gasteiger partial charge in [0.05, 0.1) is 10.2 Å². The molecule has 5 heteroatoms. The Kier molecular flexibility index (Phi) is 3.46. The number of halogens is 1. The van der Waals surface area contributed by atoms with Gasteiger partial charge in [0.15, 0.2) is 5.82 Å². The summed E-state index contributed by atoms with van der Waals surface area (Å²) in [6.45, 7) is 2.91. The van der Waals surface area contributed by atoms with E-state index < -0.39 is 0 Å². The minimum absolute atomic E-state index is 0.579. The van der Waals surface area contributed by atoms with Crippen molar-refractivity contribution in [1.82, 2.24) is 15.0 Å². The summed E-state index contributed by atoms with van der Waals surface area (Å²) in [5.74, 6) is 2.23. The molecule has 2 heterocycles. The topological polar surface area (TPSA) is 50.7 Å². The van der Waals surface area contributed by atoms with Gasteiger partial charge in [-0.05, 0) is 47.8 Å². The largest absolute Gasteiger partial charge is 0.369 e. The van der Waals surface area contributed by atoms with E-state index >= 15 is 0 Å². The van der Waals surface area contributed by atoms with E-state index in [2.05, 4.69) is 38.1 Å². The first-order chi connectivity index (χ1) is 9.29. The maximum Gasteiger partial charge on any atom is 0.161 e. The van der Waals surface area contributed by atoms with Crippen LogP contribution in [0.15, 0.2) is 29.0 Å². The van der Waals surface area contributed by atoms with Gasteiger partial charge in [0.2, 0.25) is 0 Å². The molecule has 2 aromatic rings. The van der Waals surface area contributed by atoms with Gasteiger partial charge < -0.3 is 5.32 Å². The van der Waals surface area contributed by atoms with Crippen LogP contribution in [0.3, 0.4) is 0 Å². The lowest BCUT2D eigenvalue weighted by atomic mass is 10.2. The highest BCUT2D eigenvalue weighted by Gasteiger charge is 2.29. The predicted octanol–water partition coefficient (Wildman–Crippen LogP) is 3.61. The van der Waals surface area contributed by atoms with Gasteiger partial charge >= 0.3 is 0 Å². The first-order valence-electron chi connectivity index (χ1n) is 6.51. The molecule has 98 valence electrons. The zero-order chi connectivity index (χ0) is 13.2. The van der Waals surface area contributed by atoms with Crippen molar-refractivity contribution >= 4 is 21.7 Å². The van der Waals surface area contributed by atoms with Crippen LogP contribution in [0.1, 0.15) is 31.4 Å². The van der Waals surface area contributed by atoms with Crippen molar-refractivity contribution in [3.8, 4) is 11.4 Å². The molecule has 0 saturated heterocycles. The second-order valence-electron chi connectivity index (χ2n) is 4.64. The first-order valence-corrected chi connectivity index (χ1v) is 7.30. The molecule has 0 atom stereocenters. The van der Waals surface area contributed by atoms with Gasteiger partial charge in [0, 0.05) is 30.4 Å². The quantitative estimate of drug-likeness (QED) is 0.935. The molecule has 3 rings (SSSR count). The van der Waals surface area contributed by atoms with E-state index in [1.807, 2.05) is 12.1 Å². The number of hydrogen-bond donors (Lipinski definition) is 1.